The summed E-state index contributed by atoms with van der Waals surface area (Å²) in [5.74, 6) is -2.67. The first-order valence-corrected chi connectivity index (χ1v) is 8.64. The molecule has 0 N–H and O–H groups in total. The van der Waals surface area contributed by atoms with Crippen molar-refractivity contribution in [2.45, 2.75) is 18.9 Å². The second kappa shape index (κ2) is 4.88. The molecule has 132 valence electrons. The van der Waals surface area contributed by atoms with Crippen LogP contribution in [0.15, 0.2) is 52.6 Å². The van der Waals surface area contributed by atoms with Crippen molar-refractivity contribution >= 4 is 34.3 Å². The van der Waals surface area contributed by atoms with Crippen LogP contribution in [0.1, 0.15) is 17.6 Å². The van der Waals surface area contributed by atoms with Crippen molar-refractivity contribution < 1.29 is 17.9 Å². The van der Waals surface area contributed by atoms with Gasteiger partial charge < -0.3 is 4.74 Å². The number of benzene rings is 1. The van der Waals surface area contributed by atoms with Gasteiger partial charge in [-0.15, -0.1) is 16.4 Å². The molecule has 0 amide bonds. The second-order valence-electron chi connectivity index (χ2n) is 5.98. The topological polar surface area (TPSA) is 42.6 Å². The number of ether oxygens (including phenoxy) is 1. The summed E-state index contributed by atoms with van der Waals surface area (Å²) in [4.78, 5) is 4.87. The number of thiophene rings is 1. The van der Waals surface area contributed by atoms with Crippen LogP contribution in [0.25, 0.3) is 17.1 Å². The highest BCUT2D eigenvalue weighted by Crippen LogP contribution is 2.51. The third-order valence-corrected chi connectivity index (χ3v) is 5.24. The Morgan fingerprint density at radius 1 is 1.15 bits per heavy atom. The van der Waals surface area contributed by atoms with Gasteiger partial charge >= 0.3 is 12.0 Å². The molecule has 1 aromatic carbocycles. The number of hydrogen-bond donors (Lipinski definition) is 0. The average Bonchev–Trinajstić information content (AvgIpc) is 3.30. The van der Waals surface area contributed by atoms with Gasteiger partial charge in [0.1, 0.15) is 5.82 Å². The number of alkyl halides is 3. The van der Waals surface area contributed by atoms with Gasteiger partial charge in [0.05, 0.1) is 15.9 Å². The van der Waals surface area contributed by atoms with Crippen LogP contribution >= 0.6 is 11.3 Å². The van der Waals surface area contributed by atoms with Crippen LogP contribution < -0.4 is 0 Å². The van der Waals surface area contributed by atoms with Crippen LogP contribution in [0.2, 0.25) is 0 Å². The van der Waals surface area contributed by atoms with E-state index in [1.165, 1.54) is 11.3 Å². The fraction of sp³-hybridized carbons (Fsp3) is 0.176. The van der Waals surface area contributed by atoms with E-state index in [2.05, 4.69) is 10.1 Å². The predicted molar refractivity (Wildman–Crippen MR) is 91.2 cm³/mol. The highest BCUT2D eigenvalue weighted by atomic mass is 32.1. The van der Waals surface area contributed by atoms with Crippen molar-refractivity contribution in [3.63, 3.8) is 0 Å². The number of fused-ring (bicyclic) bond motifs is 5. The molecule has 2 aliphatic heterocycles. The van der Waals surface area contributed by atoms with Crippen molar-refractivity contribution in [2.24, 2.45) is 5.10 Å². The molecule has 1 atom stereocenters. The molecule has 2 aliphatic rings. The first-order chi connectivity index (χ1) is 12.4. The quantitative estimate of drug-likeness (QED) is 0.635. The van der Waals surface area contributed by atoms with E-state index in [1.54, 1.807) is 54.8 Å². The second-order valence-corrected chi connectivity index (χ2v) is 6.93. The van der Waals surface area contributed by atoms with Crippen molar-refractivity contribution in [1.29, 1.82) is 0 Å². The fourth-order valence-electron chi connectivity index (χ4n) is 3.33. The Labute approximate surface area is 149 Å². The zero-order valence-electron chi connectivity index (χ0n) is 13.4. The van der Waals surface area contributed by atoms with E-state index in [0.29, 0.717) is 21.6 Å². The lowest BCUT2D eigenvalue weighted by Crippen LogP contribution is -2.58. The molecule has 4 heterocycles. The lowest BCUT2D eigenvalue weighted by atomic mass is 10.2. The minimum atomic E-state index is -4.76. The van der Waals surface area contributed by atoms with Gasteiger partial charge in [0.2, 0.25) is 0 Å². The van der Waals surface area contributed by atoms with Crippen LogP contribution in [-0.2, 0) is 10.6 Å². The number of hydrogen-bond acceptors (Lipinski definition) is 5. The van der Waals surface area contributed by atoms with E-state index in [9.17, 15) is 13.2 Å². The SMILES string of the molecule is CC1=Cc2nc3ccccc3n2[C@@]2(C(F)(F)F)OC(c3cccs3)=NN12. The van der Waals surface area contributed by atoms with Gasteiger partial charge in [-0.25, -0.2) is 4.98 Å². The summed E-state index contributed by atoms with van der Waals surface area (Å²) in [7, 11) is 0. The Hall–Kier alpha value is -2.81. The maximum Gasteiger partial charge on any atom is 0.474 e. The summed E-state index contributed by atoms with van der Waals surface area (Å²) in [6, 6.07) is 10.1. The number of hydrazone groups is 1. The minimum absolute atomic E-state index is 0.0595. The highest BCUT2D eigenvalue weighted by Gasteiger charge is 2.69. The number of halogens is 3. The molecule has 0 bridgehead atoms. The Kier molecular flexibility index (Phi) is 2.90. The van der Waals surface area contributed by atoms with E-state index in [4.69, 9.17) is 4.74 Å². The Bertz CT molecular complexity index is 1080. The maximum atomic E-state index is 14.4. The number of para-hydroxylation sites is 2. The third kappa shape index (κ3) is 1.80. The minimum Gasteiger partial charge on any atom is -0.420 e. The van der Waals surface area contributed by atoms with Crippen LogP contribution in [0.5, 0.6) is 0 Å². The molecule has 9 heteroatoms. The van der Waals surface area contributed by atoms with Gasteiger partial charge in [-0.05, 0) is 30.5 Å². The summed E-state index contributed by atoms with van der Waals surface area (Å²) in [6.45, 7) is 1.56. The van der Waals surface area contributed by atoms with Crippen molar-refractivity contribution in [3.05, 3.63) is 58.2 Å². The normalized spacial score (nSPS) is 21.9. The first kappa shape index (κ1) is 15.4. The lowest BCUT2D eigenvalue weighted by molar-refractivity contribution is -0.333. The van der Waals surface area contributed by atoms with Crippen LogP contribution in [0.4, 0.5) is 13.2 Å². The van der Waals surface area contributed by atoms with Gasteiger partial charge in [0.25, 0.3) is 5.90 Å². The van der Waals surface area contributed by atoms with Crippen LogP contribution in [0, 0.1) is 0 Å². The zero-order valence-corrected chi connectivity index (χ0v) is 14.2. The summed E-state index contributed by atoms with van der Waals surface area (Å²) in [5, 5.41) is 6.81. The molecule has 0 radical (unpaired) electrons. The van der Waals surface area contributed by atoms with Gasteiger partial charge in [-0.2, -0.15) is 18.2 Å². The summed E-state index contributed by atoms with van der Waals surface area (Å²) in [5.41, 5.74) is 1.10. The van der Waals surface area contributed by atoms with Crippen molar-refractivity contribution in [2.75, 3.05) is 0 Å². The number of allylic oxidation sites excluding steroid dienone is 1. The number of nitrogens with zero attached hydrogens (tertiary/aromatic N) is 4. The van der Waals surface area contributed by atoms with E-state index in [-0.39, 0.29) is 11.7 Å². The molecule has 0 unspecified atom stereocenters. The van der Waals surface area contributed by atoms with E-state index >= 15 is 0 Å². The van der Waals surface area contributed by atoms with Gasteiger partial charge in [0, 0.05) is 11.8 Å². The molecular formula is C17H11F3N4OS. The summed E-state index contributed by atoms with van der Waals surface area (Å²) < 4.78 is 50.0. The van der Waals surface area contributed by atoms with Crippen molar-refractivity contribution in [3.8, 4) is 0 Å². The highest BCUT2D eigenvalue weighted by molar-refractivity contribution is 7.12. The summed E-state index contributed by atoms with van der Waals surface area (Å²) in [6.07, 6.45) is -3.18. The number of imidazole rings is 1. The molecule has 5 rings (SSSR count). The molecular weight excluding hydrogens is 365 g/mol. The summed E-state index contributed by atoms with van der Waals surface area (Å²) >= 11 is 1.27. The van der Waals surface area contributed by atoms with Gasteiger partial charge in [0.15, 0.2) is 0 Å². The molecule has 3 aromatic rings. The molecule has 26 heavy (non-hydrogen) atoms. The van der Waals surface area contributed by atoms with Crippen LogP contribution in [0.3, 0.4) is 0 Å². The monoisotopic (exact) mass is 376 g/mol. The molecule has 0 aliphatic carbocycles. The largest absolute Gasteiger partial charge is 0.474 e. The van der Waals surface area contributed by atoms with Gasteiger partial charge in [-0.1, -0.05) is 18.2 Å². The lowest BCUT2D eigenvalue weighted by Gasteiger charge is -2.41. The fourth-order valence-corrected chi connectivity index (χ4v) is 3.97. The van der Waals surface area contributed by atoms with Crippen LogP contribution in [-0.4, -0.2) is 26.6 Å². The average molecular weight is 376 g/mol. The molecule has 0 saturated heterocycles. The number of rotatable bonds is 1. The molecule has 0 fully saturated rings. The Morgan fingerprint density at radius 3 is 2.69 bits per heavy atom. The Balaban J connectivity index is 1.82. The molecule has 5 nitrogen and oxygen atoms in total. The number of aromatic nitrogens is 2. The third-order valence-electron chi connectivity index (χ3n) is 4.38. The molecule has 2 aromatic heterocycles. The van der Waals surface area contributed by atoms with Gasteiger partial charge in [-0.3, -0.25) is 4.57 Å². The van der Waals surface area contributed by atoms with E-state index in [0.717, 1.165) is 9.58 Å². The molecule has 0 saturated carbocycles. The smallest absolute Gasteiger partial charge is 0.420 e. The van der Waals surface area contributed by atoms with Crippen molar-refractivity contribution in [1.82, 2.24) is 14.6 Å². The molecule has 0 spiro atoms. The maximum absolute atomic E-state index is 14.4. The van der Waals surface area contributed by atoms with E-state index in [1.807, 2.05) is 0 Å². The van der Waals surface area contributed by atoms with E-state index < -0.39 is 12.0 Å². The Morgan fingerprint density at radius 2 is 1.96 bits per heavy atom. The zero-order chi connectivity index (χ0) is 18.1. The predicted octanol–water partition coefficient (Wildman–Crippen LogP) is 4.34. The standard InChI is InChI=1S/C17H11F3N4OS/c1-10-9-14-21-11-5-2-3-6-12(11)23(14)17(16(18,19)20)24(10)22-15(25-17)13-7-4-8-26-13/h2-9H,1H3/t17-/m1/s1. The first-order valence-electron chi connectivity index (χ1n) is 7.76.